The lowest BCUT2D eigenvalue weighted by Gasteiger charge is -2.27. The van der Waals surface area contributed by atoms with Crippen LogP contribution in [-0.2, 0) is 10.0 Å². The van der Waals surface area contributed by atoms with Gasteiger partial charge in [-0.15, -0.1) is 11.3 Å². The van der Waals surface area contributed by atoms with Crippen molar-refractivity contribution in [2.45, 2.75) is 51.1 Å². The van der Waals surface area contributed by atoms with Gasteiger partial charge in [-0.3, -0.25) is 4.40 Å². The molecule has 118 valence electrons. The monoisotopic (exact) mass is 349 g/mol. The molecule has 21 heavy (non-hydrogen) atoms. The molecule has 1 atom stereocenters. The molecular weight excluding hydrogens is 330 g/mol. The second kappa shape index (κ2) is 6.64. The predicted octanol–water partition coefficient (Wildman–Crippen LogP) is 3.64. The molecule has 0 aliphatic rings. The zero-order valence-corrected chi connectivity index (χ0v) is 14.8. The van der Waals surface area contributed by atoms with E-state index in [1.54, 1.807) is 20.3 Å². The van der Waals surface area contributed by atoms with Crippen LogP contribution in [0.4, 0.5) is 0 Å². The van der Waals surface area contributed by atoms with Crippen molar-refractivity contribution in [3.8, 4) is 0 Å². The van der Waals surface area contributed by atoms with Gasteiger partial charge in [0.05, 0.1) is 0 Å². The van der Waals surface area contributed by atoms with Gasteiger partial charge < -0.3 is 0 Å². The Kier molecular flexibility index (Phi) is 5.29. The molecule has 0 N–H and O–H groups in total. The summed E-state index contributed by atoms with van der Waals surface area (Å²) in [7, 11) is -3.66. The minimum absolute atomic E-state index is 0.0478. The van der Waals surface area contributed by atoms with Crippen LogP contribution in [-0.4, -0.2) is 34.7 Å². The summed E-state index contributed by atoms with van der Waals surface area (Å²) >= 11 is 7.45. The van der Waals surface area contributed by atoms with Crippen molar-refractivity contribution in [3.63, 3.8) is 0 Å². The number of halogens is 1. The summed E-state index contributed by atoms with van der Waals surface area (Å²) in [5, 5.41) is 1.93. The van der Waals surface area contributed by atoms with Gasteiger partial charge in [-0.1, -0.05) is 31.9 Å². The fourth-order valence-electron chi connectivity index (χ4n) is 2.18. The summed E-state index contributed by atoms with van der Waals surface area (Å²) in [6.45, 7) is 6.45. The van der Waals surface area contributed by atoms with Gasteiger partial charge in [-0.25, -0.2) is 13.4 Å². The van der Waals surface area contributed by atoms with Crippen LogP contribution >= 0.6 is 22.9 Å². The standard InChI is InChI=1S/C13H20ClN3O2S2/c1-4-6-7-17(10(3)5-2)21(18,19)12-11(14)15-13-16(12)8-9-20-13/h8-10H,4-7H2,1-3H3. The maximum absolute atomic E-state index is 13.0. The first-order chi connectivity index (χ1) is 9.93. The average Bonchev–Trinajstić information content (AvgIpc) is 2.97. The Bertz CT molecular complexity index is 708. The smallest absolute Gasteiger partial charge is 0.262 e. The van der Waals surface area contributed by atoms with Crippen molar-refractivity contribution < 1.29 is 8.42 Å². The van der Waals surface area contributed by atoms with E-state index in [1.807, 2.05) is 20.8 Å². The van der Waals surface area contributed by atoms with E-state index < -0.39 is 10.0 Å². The van der Waals surface area contributed by atoms with Gasteiger partial charge in [0.15, 0.2) is 15.1 Å². The molecule has 5 nitrogen and oxygen atoms in total. The van der Waals surface area contributed by atoms with E-state index >= 15 is 0 Å². The van der Waals surface area contributed by atoms with Crippen LogP contribution in [0, 0.1) is 0 Å². The minimum atomic E-state index is -3.66. The van der Waals surface area contributed by atoms with E-state index in [9.17, 15) is 8.42 Å². The first kappa shape index (κ1) is 16.7. The number of nitrogens with zero attached hydrogens (tertiary/aromatic N) is 3. The highest BCUT2D eigenvalue weighted by molar-refractivity contribution is 7.89. The van der Waals surface area contributed by atoms with Gasteiger partial charge in [0.1, 0.15) is 0 Å². The lowest BCUT2D eigenvalue weighted by molar-refractivity contribution is 0.323. The Balaban J connectivity index is 2.51. The summed E-state index contributed by atoms with van der Waals surface area (Å²) in [4.78, 5) is 4.72. The number of imidazole rings is 1. The molecule has 0 amide bonds. The van der Waals surface area contributed by atoms with E-state index in [0.717, 1.165) is 19.3 Å². The van der Waals surface area contributed by atoms with Gasteiger partial charge in [0, 0.05) is 24.2 Å². The Morgan fingerprint density at radius 1 is 1.48 bits per heavy atom. The maximum Gasteiger partial charge on any atom is 0.262 e. The molecule has 0 fully saturated rings. The molecule has 0 aliphatic heterocycles. The molecular formula is C13H20ClN3O2S2. The molecule has 1 unspecified atom stereocenters. The number of rotatable bonds is 7. The Hall–Kier alpha value is -0.630. The molecule has 0 aromatic carbocycles. The van der Waals surface area contributed by atoms with Gasteiger partial charge in [0.2, 0.25) is 0 Å². The van der Waals surface area contributed by atoms with Gasteiger partial charge in [-0.2, -0.15) is 4.31 Å². The van der Waals surface area contributed by atoms with Crippen LogP contribution in [0.5, 0.6) is 0 Å². The number of aromatic nitrogens is 2. The largest absolute Gasteiger partial charge is 0.279 e. The molecule has 0 saturated heterocycles. The van der Waals surface area contributed by atoms with E-state index in [1.165, 1.54) is 11.3 Å². The molecule has 8 heteroatoms. The minimum Gasteiger partial charge on any atom is -0.279 e. The molecule has 0 saturated carbocycles. The van der Waals surface area contributed by atoms with Gasteiger partial charge >= 0.3 is 0 Å². The van der Waals surface area contributed by atoms with Crippen molar-refractivity contribution >= 4 is 37.9 Å². The van der Waals surface area contributed by atoms with Crippen LogP contribution in [0.1, 0.15) is 40.0 Å². The molecule has 2 heterocycles. The predicted molar refractivity (Wildman–Crippen MR) is 86.6 cm³/mol. The molecule has 0 radical (unpaired) electrons. The first-order valence-corrected chi connectivity index (χ1v) is 9.76. The van der Waals surface area contributed by atoms with Gasteiger partial charge in [0.25, 0.3) is 10.0 Å². The van der Waals surface area contributed by atoms with Crippen molar-refractivity contribution in [2.75, 3.05) is 6.54 Å². The highest BCUT2D eigenvalue weighted by Gasteiger charge is 2.33. The number of hydrogen-bond donors (Lipinski definition) is 0. The quantitative estimate of drug-likeness (QED) is 0.766. The number of hydrogen-bond acceptors (Lipinski definition) is 4. The highest BCUT2D eigenvalue weighted by Crippen LogP contribution is 2.29. The van der Waals surface area contributed by atoms with Crippen LogP contribution in [0.2, 0.25) is 5.15 Å². The molecule has 2 aromatic rings. The fraction of sp³-hybridized carbons (Fsp3) is 0.615. The third kappa shape index (κ3) is 3.11. The van der Waals surface area contributed by atoms with Gasteiger partial charge in [-0.05, 0) is 19.8 Å². The second-order valence-electron chi connectivity index (χ2n) is 4.99. The average molecular weight is 350 g/mol. The molecule has 2 rings (SSSR count). The topological polar surface area (TPSA) is 54.7 Å². The van der Waals surface area contributed by atoms with E-state index in [4.69, 9.17) is 11.6 Å². The summed E-state index contributed by atoms with van der Waals surface area (Å²) < 4.78 is 29.1. The normalized spacial score (nSPS) is 14.1. The van der Waals surface area contributed by atoms with Crippen LogP contribution < -0.4 is 0 Å². The summed E-state index contributed by atoms with van der Waals surface area (Å²) in [5.41, 5.74) is 0. The van der Waals surface area contributed by atoms with E-state index in [-0.39, 0.29) is 16.2 Å². The Labute approximate surface area is 134 Å². The zero-order chi connectivity index (χ0) is 15.6. The summed E-state index contributed by atoms with van der Waals surface area (Å²) in [5.74, 6) is 0. The number of unbranched alkanes of at least 4 members (excludes halogenated alkanes) is 1. The maximum atomic E-state index is 13.0. The van der Waals surface area contributed by atoms with Crippen LogP contribution in [0.25, 0.3) is 4.96 Å². The van der Waals surface area contributed by atoms with Crippen LogP contribution in [0.3, 0.4) is 0 Å². The lowest BCUT2D eigenvalue weighted by Crippen LogP contribution is -2.39. The summed E-state index contributed by atoms with van der Waals surface area (Å²) in [6.07, 6.45) is 4.22. The molecule has 0 aliphatic carbocycles. The lowest BCUT2D eigenvalue weighted by atomic mass is 10.2. The first-order valence-electron chi connectivity index (χ1n) is 7.06. The number of sulfonamides is 1. The third-order valence-corrected chi connectivity index (χ3v) is 6.72. The zero-order valence-electron chi connectivity index (χ0n) is 12.4. The van der Waals surface area contributed by atoms with Crippen molar-refractivity contribution in [2.24, 2.45) is 0 Å². The highest BCUT2D eigenvalue weighted by atomic mass is 35.5. The van der Waals surface area contributed by atoms with Crippen molar-refractivity contribution in [1.82, 2.24) is 13.7 Å². The summed E-state index contributed by atoms with van der Waals surface area (Å²) in [6, 6.07) is -0.0678. The molecule has 2 aromatic heterocycles. The Morgan fingerprint density at radius 3 is 2.81 bits per heavy atom. The molecule has 0 bridgehead atoms. The Morgan fingerprint density at radius 2 is 2.19 bits per heavy atom. The fourth-order valence-corrected chi connectivity index (χ4v) is 5.33. The second-order valence-corrected chi connectivity index (χ2v) is 8.03. The van der Waals surface area contributed by atoms with E-state index in [2.05, 4.69) is 4.98 Å². The van der Waals surface area contributed by atoms with E-state index in [0.29, 0.717) is 11.5 Å². The van der Waals surface area contributed by atoms with Crippen molar-refractivity contribution in [3.05, 3.63) is 16.7 Å². The van der Waals surface area contributed by atoms with Crippen LogP contribution in [0.15, 0.2) is 16.6 Å². The molecule has 0 spiro atoms. The third-order valence-electron chi connectivity index (χ3n) is 3.55. The number of fused-ring (bicyclic) bond motifs is 1. The number of thiazole rings is 1. The van der Waals surface area contributed by atoms with Crippen molar-refractivity contribution in [1.29, 1.82) is 0 Å². The SMILES string of the molecule is CCCCN(C(C)CC)S(=O)(=O)c1c(Cl)nc2sccn12.